The zero-order valence-corrected chi connectivity index (χ0v) is 13.1. The van der Waals surface area contributed by atoms with Gasteiger partial charge in [-0.2, -0.15) is 0 Å². The van der Waals surface area contributed by atoms with Gasteiger partial charge >= 0.3 is 5.97 Å². The Morgan fingerprint density at radius 3 is 2.62 bits per heavy atom. The Bertz CT molecular complexity index is 816. The molecule has 0 fully saturated rings. The number of ether oxygens (including phenoxy) is 1. The second-order valence-corrected chi connectivity index (χ2v) is 5.10. The Hall–Kier alpha value is -2.99. The molecule has 0 aliphatic heterocycles. The molecule has 0 amide bonds. The Balaban J connectivity index is 1.94. The van der Waals surface area contributed by atoms with Gasteiger partial charge in [0.1, 0.15) is 0 Å². The number of carbonyl (C=O) groups is 2. The topological polar surface area (TPSA) is 86.5 Å². The summed E-state index contributed by atoms with van der Waals surface area (Å²) in [5, 5.41) is 11.0. The average molecular weight is 346 g/mol. The molecule has 6 nitrogen and oxygen atoms in total. The molecule has 0 spiro atoms. The zero-order valence-electron chi connectivity index (χ0n) is 12.3. The highest BCUT2D eigenvalue weighted by Gasteiger charge is 2.11. The lowest BCUT2D eigenvalue weighted by Gasteiger charge is -2.03. The van der Waals surface area contributed by atoms with Crippen LogP contribution in [0.15, 0.2) is 54.6 Å². The van der Waals surface area contributed by atoms with E-state index < -0.39 is 23.3 Å². The maximum absolute atomic E-state index is 11.9. The van der Waals surface area contributed by atoms with E-state index in [1.54, 1.807) is 24.3 Å². The molecule has 0 saturated carbocycles. The number of nitro benzene ring substituents is 1. The first-order valence-electron chi connectivity index (χ1n) is 6.84. The van der Waals surface area contributed by atoms with Crippen molar-refractivity contribution in [2.24, 2.45) is 0 Å². The summed E-state index contributed by atoms with van der Waals surface area (Å²) in [5.74, 6) is -1.15. The first kappa shape index (κ1) is 17.4. The molecule has 24 heavy (non-hydrogen) atoms. The van der Waals surface area contributed by atoms with E-state index in [4.69, 9.17) is 16.3 Å². The number of nitrogens with zero attached hydrogens (tertiary/aromatic N) is 1. The first-order valence-corrected chi connectivity index (χ1v) is 7.22. The number of rotatable bonds is 6. The van der Waals surface area contributed by atoms with Gasteiger partial charge in [0.2, 0.25) is 5.78 Å². The third kappa shape index (κ3) is 4.76. The van der Waals surface area contributed by atoms with Crippen molar-refractivity contribution in [2.75, 3.05) is 6.61 Å². The average Bonchev–Trinajstić information content (AvgIpc) is 2.58. The van der Waals surface area contributed by atoms with E-state index in [-0.39, 0.29) is 16.3 Å². The Morgan fingerprint density at radius 2 is 1.92 bits per heavy atom. The number of nitro groups is 1. The fourth-order valence-electron chi connectivity index (χ4n) is 1.86. The molecule has 0 N–H and O–H groups in total. The lowest BCUT2D eigenvalue weighted by atomic mass is 10.1. The largest absolute Gasteiger partial charge is 0.454 e. The van der Waals surface area contributed by atoms with Gasteiger partial charge in [-0.15, -0.1) is 0 Å². The van der Waals surface area contributed by atoms with Crippen LogP contribution in [0.3, 0.4) is 0 Å². The zero-order chi connectivity index (χ0) is 17.5. The van der Waals surface area contributed by atoms with E-state index in [1.165, 1.54) is 30.3 Å². The minimum Gasteiger partial charge on any atom is -0.454 e. The van der Waals surface area contributed by atoms with Gasteiger partial charge < -0.3 is 4.74 Å². The molecule has 2 aromatic rings. The van der Waals surface area contributed by atoms with Gasteiger partial charge in [-0.3, -0.25) is 14.9 Å². The summed E-state index contributed by atoms with van der Waals surface area (Å²) < 4.78 is 4.84. The summed E-state index contributed by atoms with van der Waals surface area (Å²) in [5.41, 5.74) is 0.660. The normalized spacial score (nSPS) is 10.5. The second-order valence-electron chi connectivity index (χ2n) is 4.70. The molecule has 7 heteroatoms. The Kier molecular flexibility index (Phi) is 5.81. The first-order chi connectivity index (χ1) is 11.5. The van der Waals surface area contributed by atoms with Crippen LogP contribution < -0.4 is 0 Å². The van der Waals surface area contributed by atoms with Crippen molar-refractivity contribution in [1.29, 1.82) is 0 Å². The van der Waals surface area contributed by atoms with E-state index in [2.05, 4.69) is 0 Å². The van der Waals surface area contributed by atoms with Crippen molar-refractivity contribution in [3.63, 3.8) is 0 Å². The quantitative estimate of drug-likeness (QED) is 0.262. The summed E-state index contributed by atoms with van der Waals surface area (Å²) in [4.78, 5) is 33.7. The van der Waals surface area contributed by atoms with E-state index in [0.29, 0.717) is 5.56 Å². The number of carbonyl (C=O) groups excluding carboxylic acids is 2. The van der Waals surface area contributed by atoms with Crippen LogP contribution >= 0.6 is 11.6 Å². The number of hydrogen-bond donors (Lipinski definition) is 0. The lowest BCUT2D eigenvalue weighted by molar-refractivity contribution is -0.384. The van der Waals surface area contributed by atoms with Crippen molar-refractivity contribution in [1.82, 2.24) is 0 Å². The van der Waals surface area contributed by atoms with Crippen LogP contribution in [0, 0.1) is 10.1 Å². The van der Waals surface area contributed by atoms with Gasteiger partial charge in [0.05, 0.1) is 9.95 Å². The number of non-ortho nitro benzene ring substituents is 1. The Morgan fingerprint density at radius 1 is 1.17 bits per heavy atom. The summed E-state index contributed by atoms with van der Waals surface area (Å²) in [6.45, 7) is -0.443. The molecule has 0 saturated heterocycles. The van der Waals surface area contributed by atoms with Crippen molar-refractivity contribution in [3.05, 3.63) is 80.9 Å². The van der Waals surface area contributed by atoms with Crippen LogP contribution in [0.4, 0.5) is 5.69 Å². The molecule has 2 rings (SSSR count). The molecule has 0 aliphatic rings. The SMILES string of the molecule is O=C(/C=C/c1cccc([N+](=O)[O-])c1)OCC(=O)c1ccccc1Cl. The Labute approximate surface area is 142 Å². The summed E-state index contributed by atoms with van der Waals surface area (Å²) in [7, 11) is 0. The number of ketones is 1. The number of Topliss-reactive ketones (excluding diaryl/α,β-unsaturated/α-hetero) is 1. The molecule has 0 atom stereocenters. The fraction of sp³-hybridized carbons (Fsp3) is 0.0588. The third-order valence-electron chi connectivity index (χ3n) is 3.01. The van der Waals surface area contributed by atoms with Crippen molar-refractivity contribution in [2.45, 2.75) is 0 Å². The maximum atomic E-state index is 11.9. The molecular weight excluding hydrogens is 334 g/mol. The summed E-state index contributed by atoms with van der Waals surface area (Å²) in [6, 6.07) is 12.2. The maximum Gasteiger partial charge on any atom is 0.331 e. The van der Waals surface area contributed by atoms with Gasteiger partial charge in [0.25, 0.3) is 5.69 Å². The van der Waals surface area contributed by atoms with Crippen LogP contribution in [0.5, 0.6) is 0 Å². The number of esters is 1. The minimum absolute atomic E-state index is 0.0839. The van der Waals surface area contributed by atoms with E-state index in [1.807, 2.05) is 0 Å². The van der Waals surface area contributed by atoms with Crippen LogP contribution in [-0.4, -0.2) is 23.3 Å². The predicted molar refractivity (Wildman–Crippen MR) is 88.9 cm³/mol. The molecule has 0 unspecified atom stereocenters. The molecule has 2 aromatic carbocycles. The standard InChI is InChI=1S/C17H12ClNO5/c18-15-7-2-1-6-14(15)16(20)11-24-17(21)9-8-12-4-3-5-13(10-12)19(22)23/h1-10H,11H2/b9-8+. The molecule has 0 aliphatic carbocycles. The molecule has 0 heterocycles. The van der Waals surface area contributed by atoms with Gasteiger partial charge in [0.15, 0.2) is 6.61 Å². The van der Waals surface area contributed by atoms with E-state index >= 15 is 0 Å². The monoisotopic (exact) mass is 345 g/mol. The highest BCUT2D eigenvalue weighted by atomic mass is 35.5. The van der Waals surface area contributed by atoms with Crippen LogP contribution in [-0.2, 0) is 9.53 Å². The number of hydrogen-bond acceptors (Lipinski definition) is 5. The molecule has 0 radical (unpaired) electrons. The van der Waals surface area contributed by atoms with Gasteiger partial charge in [-0.1, -0.05) is 35.9 Å². The van der Waals surface area contributed by atoms with Gasteiger partial charge in [-0.05, 0) is 23.8 Å². The lowest BCUT2D eigenvalue weighted by Crippen LogP contribution is -2.12. The number of benzene rings is 2. The highest BCUT2D eigenvalue weighted by molar-refractivity contribution is 6.34. The van der Waals surface area contributed by atoms with E-state index in [0.717, 1.165) is 6.08 Å². The van der Waals surface area contributed by atoms with Gasteiger partial charge in [-0.25, -0.2) is 4.79 Å². The molecule has 122 valence electrons. The predicted octanol–water partition coefficient (Wildman–Crippen LogP) is 3.69. The van der Waals surface area contributed by atoms with Crippen molar-refractivity contribution >= 4 is 35.1 Å². The van der Waals surface area contributed by atoms with Crippen LogP contribution in [0.2, 0.25) is 5.02 Å². The van der Waals surface area contributed by atoms with Crippen molar-refractivity contribution in [3.8, 4) is 0 Å². The van der Waals surface area contributed by atoms with E-state index in [9.17, 15) is 19.7 Å². The van der Waals surface area contributed by atoms with Crippen molar-refractivity contribution < 1.29 is 19.2 Å². The molecular formula is C17H12ClNO5. The molecule has 0 bridgehead atoms. The molecule has 0 aromatic heterocycles. The van der Waals surface area contributed by atoms with Crippen LogP contribution in [0.1, 0.15) is 15.9 Å². The number of halogens is 1. The van der Waals surface area contributed by atoms with Gasteiger partial charge in [0, 0.05) is 23.8 Å². The minimum atomic E-state index is -0.734. The summed E-state index contributed by atoms with van der Waals surface area (Å²) >= 11 is 5.89. The third-order valence-corrected chi connectivity index (χ3v) is 3.34. The highest BCUT2D eigenvalue weighted by Crippen LogP contribution is 2.16. The smallest absolute Gasteiger partial charge is 0.331 e. The second kappa shape index (κ2) is 8.03. The summed E-state index contributed by atoms with van der Waals surface area (Å²) in [6.07, 6.45) is 2.47. The van der Waals surface area contributed by atoms with Crippen LogP contribution in [0.25, 0.3) is 6.08 Å². The fourth-order valence-corrected chi connectivity index (χ4v) is 2.10.